The molecule has 1 saturated heterocycles. The number of nitrogens with one attached hydrogen (secondary N) is 3. The highest BCUT2D eigenvalue weighted by Gasteiger charge is 2.27. The van der Waals surface area contributed by atoms with Crippen molar-refractivity contribution >= 4 is 41.5 Å². The summed E-state index contributed by atoms with van der Waals surface area (Å²) < 4.78 is 5.76. The number of hydrogen-bond acceptors (Lipinski definition) is 4. The number of aliphatic imine (C=N–C) groups is 1. The van der Waals surface area contributed by atoms with Crippen LogP contribution in [0.25, 0.3) is 0 Å². The van der Waals surface area contributed by atoms with Crippen molar-refractivity contribution in [2.24, 2.45) is 4.99 Å². The summed E-state index contributed by atoms with van der Waals surface area (Å²) in [5, 5.41) is 9.47. The number of likely N-dealkylation sites (tertiary alicyclic amines) is 1. The van der Waals surface area contributed by atoms with Crippen LogP contribution >= 0.6 is 24.0 Å². The van der Waals surface area contributed by atoms with Gasteiger partial charge in [0.2, 0.25) is 5.91 Å². The Balaban J connectivity index is 0.00000420. The molecule has 0 aromatic heterocycles. The lowest BCUT2D eigenvalue weighted by Gasteiger charge is -2.41. The van der Waals surface area contributed by atoms with Crippen molar-refractivity contribution in [2.75, 3.05) is 45.2 Å². The molecular formula is C21H36IN5O2. The quantitative estimate of drug-likeness (QED) is 0.214. The fraction of sp³-hybridized carbons (Fsp3) is 0.619. The molecule has 1 aromatic carbocycles. The summed E-state index contributed by atoms with van der Waals surface area (Å²) in [4.78, 5) is 18.0. The van der Waals surface area contributed by atoms with E-state index in [1.54, 1.807) is 7.05 Å². The topological polar surface area (TPSA) is 78.0 Å². The number of guanidine groups is 1. The minimum absolute atomic E-state index is 0. The molecule has 8 heteroatoms. The Labute approximate surface area is 192 Å². The molecule has 0 radical (unpaired) electrons. The molecule has 164 valence electrons. The number of rotatable bonds is 8. The number of ether oxygens (including phenoxy) is 1. The highest BCUT2D eigenvalue weighted by molar-refractivity contribution is 14.0. The Hall–Kier alpha value is -1.55. The van der Waals surface area contributed by atoms with Crippen LogP contribution in [0.4, 0.5) is 5.69 Å². The smallest absolute Gasteiger partial charge is 0.221 e. The third kappa shape index (κ3) is 9.20. The predicted molar refractivity (Wildman–Crippen MR) is 131 cm³/mol. The molecule has 0 spiro atoms. The average molecular weight is 517 g/mol. The summed E-state index contributed by atoms with van der Waals surface area (Å²) in [5.74, 6) is 1.41. The van der Waals surface area contributed by atoms with Gasteiger partial charge in [-0.25, -0.2) is 0 Å². The van der Waals surface area contributed by atoms with Crippen LogP contribution in [-0.4, -0.2) is 62.1 Å². The molecule has 1 amide bonds. The molecule has 0 aliphatic carbocycles. The van der Waals surface area contributed by atoms with Crippen LogP contribution in [0.5, 0.6) is 5.75 Å². The van der Waals surface area contributed by atoms with E-state index in [1.165, 1.54) is 39.3 Å². The number of carbonyl (C=O) groups excluding carboxylic acids is 1. The maximum absolute atomic E-state index is 11.1. The lowest BCUT2D eigenvalue weighted by atomic mass is 9.98. The van der Waals surface area contributed by atoms with E-state index in [2.05, 4.69) is 39.7 Å². The SMILES string of the molecule is CN=C(NCCOc1cccc(NC(C)=O)c1)NCC(C)(C)N1CCCCC1.I. The number of amides is 1. The van der Waals surface area contributed by atoms with Crippen LogP contribution in [0.15, 0.2) is 29.3 Å². The highest BCUT2D eigenvalue weighted by Crippen LogP contribution is 2.20. The Kier molecular flexibility index (Phi) is 11.3. The van der Waals surface area contributed by atoms with E-state index in [0.717, 1.165) is 23.9 Å². The molecule has 7 nitrogen and oxygen atoms in total. The van der Waals surface area contributed by atoms with Crippen molar-refractivity contribution in [1.29, 1.82) is 0 Å². The summed E-state index contributed by atoms with van der Waals surface area (Å²) >= 11 is 0. The third-order valence-electron chi connectivity index (χ3n) is 4.94. The summed E-state index contributed by atoms with van der Waals surface area (Å²) in [6.45, 7) is 10.4. The third-order valence-corrected chi connectivity index (χ3v) is 4.94. The van der Waals surface area contributed by atoms with Crippen molar-refractivity contribution in [3.8, 4) is 5.75 Å². The maximum atomic E-state index is 11.1. The van der Waals surface area contributed by atoms with Gasteiger partial charge in [0, 0.05) is 37.8 Å². The molecule has 0 bridgehead atoms. The molecule has 1 aliphatic heterocycles. The molecule has 3 N–H and O–H groups in total. The maximum Gasteiger partial charge on any atom is 0.221 e. The van der Waals surface area contributed by atoms with Gasteiger partial charge in [0.25, 0.3) is 0 Å². The molecule has 0 unspecified atom stereocenters. The van der Waals surface area contributed by atoms with Gasteiger partial charge in [-0.15, -0.1) is 24.0 Å². The van der Waals surface area contributed by atoms with Crippen molar-refractivity contribution in [3.05, 3.63) is 24.3 Å². The molecule has 1 aromatic rings. The summed E-state index contributed by atoms with van der Waals surface area (Å²) in [7, 11) is 1.78. The van der Waals surface area contributed by atoms with Gasteiger partial charge in [-0.3, -0.25) is 14.7 Å². The molecule has 0 atom stereocenters. The zero-order valence-corrected chi connectivity index (χ0v) is 20.4. The predicted octanol–water partition coefficient (Wildman–Crippen LogP) is 3.07. The second-order valence-corrected chi connectivity index (χ2v) is 7.77. The van der Waals surface area contributed by atoms with E-state index in [9.17, 15) is 4.79 Å². The van der Waals surface area contributed by atoms with Crippen LogP contribution in [0.1, 0.15) is 40.0 Å². The highest BCUT2D eigenvalue weighted by atomic mass is 127. The number of hydrogen-bond donors (Lipinski definition) is 3. The molecular weight excluding hydrogens is 481 g/mol. The number of piperidine rings is 1. The first kappa shape index (κ1) is 25.5. The molecule has 2 rings (SSSR count). The van der Waals surface area contributed by atoms with Gasteiger partial charge in [-0.2, -0.15) is 0 Å². The van der Waals surface area contributed by atoms with Gasteiger partial charge in [0.05, 0.1) is 6.54 Å². The van der Waals surface area contributed by atoms with Gasteiger partial charge < -0.3 is 20.7 Å². The number of halogens is 1. The first-order valence-electron chi connectivity index (χ1n) is 10.1. The van der Waals surface area contributed by atoms with E-state index in [1.807, 2.05) is 24.3 Å². The largest absolute Gasteiger partial charge is 0.492 e. The molecule has 0 saturated carbocycles. The fourth-order valence-electron chi connectivity index (χ4n) is 3.34. The van der Waals surface area contributed by atoms with Gasteiger partial charge in [0.1, 0.15) is 12.4 Å². The minimum Gasteiger partial charge on any atom is -0.492 e. The average Bonchev–Trinajstić information content (AvgIpc) is 2.68. The van der Waals surface area contributed by atoms with Crippen LogP contribution in [0.3, 0.4) is 0 Å². The van der Waals surface area contributed by atoms with Crippen molar-refractivity contribution in [3.63, 3.8) is 0 Å². The van der Waals surface area contributed by atoms with Crippen molar-refractivity contribution in [1.82, 2.24) is 15.5 Å². The first-order valence-corrected chi connectivity index (χ1v) is 10.1. The first-order chi connectivity index (χ1) is 13.4. The van der Waals surface area contributed by atoms with Crippen LogP contribution in [0, 0.1) is 0 Å². The van der Waals surface area contributed by atoms with E-state index >= 15 is 0 Å². The number of anilines is 1. The summed E-state index contributed by atoms with van der Waals surface area (Å²) in [5.41, 5.74) is 0.828. The lowest BCUT2D eigenvalue weighted by molar-refractivity contribution is -0.114. The van der Waals surface area contributed by atoms with Crippen LogP contribution in [-0.2, 0) is 4.79 Å². The van der Waals surface area contributed by atoms with Crippen molar-refractivity contribution < 1.29 is 9.53 Å². The van der Waals surface area contributed by atoms with E-state index in [-0.39, 0.29) is 35.4 Å². The number of benzene rings is 1. The monoisotopic (exact) mass is 517 g/mol. The molecule has 1 aliphatic rings. The zero-order chi connectivity index (χ0) is 20.4. The zero-order valence-electron chi connectivity index (χ0n) is 18.1. The standard InChI is InChI=1S/C21H35N5O2.HI/c1-17(27)25-18-9-8-10-19(15-18)28-14-11-23-20(22-4)24-16-21(2,3)26-12-6-5-7-13-26;/h8-10,15H,5-7,11-14,16H2,1-4H3,(H,25,27)(H2,22,23,24);1H. The van der Waals surface area contributed by atoms with Crippen LogP contribution < -0.4 is 20.7 Å². The summed E-state index contributed by atoms with van der Waals surface area (Å²) in [6, 6.07) is 7.38. The van der Waals surface area contributed by atoms with Gasteiger partial charge in [0.15, 0.2) is 5.96 Å². The van der Waals surface area contributed by atoms with Gasteiger partial charge >= 0.3 is 0 Å². The Bertz CT molecular complexity index is 660. The Morgan fingerprint density at radius 3 is 2.59 bits per heavy atom. The second-order valence-electron chi connectivity index (χ2n) is 7.77. The number of carbonyl (C=O) groups is 1. The van der Waals surface area contributed by atoms with E-state index in [4.69, 9.17) is 4.74 Å². The molecule has 1 fully saturated rings. The normalized spacial score (nSPS) is 15.2. The van der Waals surface area contributed by atoms with Crippen molar-refractivity contribution in [2.45, 2.75) is 45.6 Å². The molecule has 29 heavy (non-hydrogen) atoms. The van der Waals surface area contributed by atoms with E-state index in [0.29, 0.717) is 13.2 Å². The Morgan fingerprint density at radius 1 is 1.21 bits per heavy atom. The Morgan fingerprint density at radius 2 is 1.93 bits per heavy atom. The van der Waals surface area contributed by atoms with Gasteiger partial charge in [-0.1, -0.05) is 12.5 Å². The number of nitrogens with zero attached hydrogens (tertiary/aromatic N) is 2. The van der Waals surface area contributed by atoms with Crippen LogP contribution in [0.2, 0.25) is 0 Å². The van der Waals surface area contributed by atoms with Gasteiger partial charge in [-0.05, 0) is 51.9 Å². The molecule has 1 heterocycles. The summed E-state index contributed by atoms with van der Waals surface area (Å²) in [6.07, 6.45) is 3.92. The van der Waals surface area contributed by atoms with E-state index < -0.39 is 0 Å². The lowest BCUT2D eigenvalue weighted by Crippen LogP contribution is -2.55. The fourth-order valence-corrected chi connectivity index (χ4v) is 3.34. The second kappa shape index (κ2) is 12.9. The minimum atomic E-state index is -0.0961.